The fourth-order valence-corrected chi connectivity index (χ4v) is 1.54. The van der Waals surface area contributed by atoms with Crippen LogP contribution in [0.25, 0.3) is 0 Å². The molecular formula is C14H14N2O2. The van der Waals surface area contributed by atoms with Gasteiger partial charge in [-0.1, -0.05) is 30.3 Å². The Hall–Kier alpha value is -2.36. The van der Waals surface area contributed by atoms with Gasteiger partial charge in [0.15, 0.2) is 0 Å². The van der Waals surface area contributed by atoms with Crippen LogP contribution >= 0.6 is 0 Å². The Morgan fingerprint density at radius 2 is 2.00 bits per heavy atom. The lowest BCUT2D eigenvalue weighted by molar-refractivity contribution is -0.144. The van der Waals surface area contributed by atoms with Gasteiger partial charge in [0.1, 0.15) is 6.61 Å². The van der Waals surface area contributed by atoms with Crippen LogP contribution in [0.15, 0.2) is 48.8 Å². The van der Waals surface area contributed by atoms with Crippen molar-refractivity contribution in [3.8, 4) is 0 Å². The predicted octanol–water partition coefficient (Wildman–Crippen LogP) is 1.95. The summed E-state index contributed by atoms with van der Waals surface area (Å²) in [4.78, 5) is 15.5. The first kappa shape index (κ1) is 12.1. The van der Waals surface area contributed by atoms with E-state index >= 15 is 0 Å². The number of rotatable bonds is 4. The topological polar surface area (TPSA) is 65.2 Å². The van der Waals surface area contributed by atoms with Gasteiger partial charge < -0.3 is 10.5 Å². The first-order valence-corrected chi connectivity index (χ1v) is 5.63. The molecule has 1 heterocycles. The number of hydrogen-bond acceptors (Lipinski definition) is 4. The molecule has 0 aliphatic rings. The first-order valence-electron chi connectivity index (χ1n) is 5.63. The number of carbonyl (C=O) groups is 1. The minimum atomic E-state index is -0.295. The van der Waals surface area contributed by atoms with Crippen molar-refractivity contribution in [1.82, 2.24) is 4.98 Å². The van der Waals surface area contributed by atoms with Crippen molar-refractivity contribution in [2.75, 3.05) is 5.73 Å². The maximum absolute atomic E-state index is 11.6. The van der Waals surface area contributed by atoms with Crippen LogP contribution < -0.4 is 5.73 Å². The summed E-state index contributed by atoms with van der Waals surface area (Å²) in [5.41, 5.74) is 7.92. The number of carbonyl (C=O) groups excluding carboxylic acids is 1. The van der Waals surface area contributed by atoms with E-state index in [2.05, 4.69) is 4.98 Å². The van der Waals surface area contributed by atoms with Crippen molar-refractivity contribution in [1.29, 1.82) is 0 Å². The van der Waals surface area contributed by atoms with Gasteiger partial charge in [-0.25, -0.2) is 0 Å². The van der Waals surface area contributed by atoms with E-state index in [-0.39, 0.29) is 19.0 Å². The predicted molar refractivity (Wildman–Crippen MR) is 68.6 cm³/mol. The molecule has 0 bridgehead atoms. The quantitative estimate of drug-likeness (QED) is 0.832. The maximum atomic E-state index is 11.6. The Balaban J connectivity index is 1.88. The number of anilines is 1. The van der Waals surface area contributed by atoms with Crippen molar-refractivity contribution < 1.29 is 9.53 Å². The van der Waals surface area contributed by atoms with Gasteiger partial charge in [-0.2, -0.15) is 0 Å². The molecule has 0 radical (unpaired) electrons. The van der Waals surface area contributed by atoms with Crippen LogP contribution in [0.4, 0.5) is 5.69 Å². The minimum absolute atomic E-state index is 0.168. The van der Waals surface area contributed by atoms with Crippen molar-refractivity contribution in [2.24, 2.45) is 0 Å². The van der Waals surface area contributed by atoms with Crippen LogP contribution in [0.5, 0.6) is 0 Å². The fraction of sp³-hybridized carbons (Fsp3) is 0.143. The van der Waals surface area contributed by atoms with Crippen LogP contribution in [-0.2, 0) is 22.6 Å². The highest BCUT2D eigenvalue weighted by atomic mass is 16.5. The van der Waals surface area contributed by atoms with Gasteiger partial charge in [-0.15, -0.1) is 0 Å². The number of ether oxygens (including phenoxy) is 1. The summed E-state index contributed by atoms with van der Waals surface area (Å²) in [6.07, 6.45) is 3.30. The number of esters is 1. The van der Waals surface area contributed by atoms with Gasteiger partial charge >= 0.3 is 5.97 Å². The second kappa shape index (κ2) is 5.82. The summed E-state index contributed by atoms with van der Waals surface area (Å²) in [6, 6.07) is 11.3. The summed E-state index contributed by atoms with van der Waals surface area (Å²) in [5, 5.41) is 0. The van der Waals surface area contributed by atoms with Crippen molar-refractivity contribution >= 4 is 11.7 Å². The molecule has 0 atom stereocenters. The van der Waals surface area contributed by atoms with Crippen molar-refractivity contribution in [3.05, 3.63) is 59.9 Å². The summed E-state index contributed by atoms with van der Waals surface area (Å²) in [6.45, 7) is 0.282. The maximum Gasteiger partial charge on any atom is 0.310 e. The molecule has 0 aliphatic heterocycles. The fourth-order valence-electron chi connectivity index (χ4n) is 1.54. The van der Waals surface area contributed by atoms with E-state index < -0.39 is 0 Å². The van der Waals surface area contributed by atoms with Crippen LogP contribution in [0.1, 0.15) is 11.1 Å². The number of nitrogen functional groups attached to an aromatic ring is 1. The van der Waals surface area contributed by atoms with Crippen LogP contribution in [-0.4, -0.2) is 11.0 Å². The molecule has 0 saturated heterocycles. The number of benzene rings is 1. The molecule has 4 nitrogen and oxygen atoms in total. The normalized spacial score (nSPS) is 10.0. The van der Waals surface area contributed by atoms with E-state index in [0.717, 1.165) is 11.1 Å². The van der Waals surface area contributed by atoms with E-state index in [1.807, 2.05) is 30.3 Å². The number of nitrogens with two attached hydrogens (primary N) is 1. The molecule has 0 unspecified atom stereocenters. The molecule has 2 rings (SSSR count). The Morgan fingerprint density at radius 1 is 1.22 bits per heavy atom. The van der Waals surface area contributed by atoms with Gasteiger partial charge in [-0.05, 0) is 17.2 Å². The molecule has 1 aromatic carbocycles. The van der Waals surface area contributed by atoms with Gasteiger partial charge in [-0.3, -0.25) is 9.78 Å². The van der Waals surface area contributed by atoms with Crippen molar-refractivity contribution in [3.63, 3.8) is 0 Å². The Bertz CT molecular complexity index is 526. The molecule has 4 heteroatoms. The van der Waals surface area contributed by atoms with E-state index in [1.54, 1.807) is 12.3 Å². The van der Waals surface area contributed by atoms with Crippen molar-refractivity contribution in [2.45, 2.75) is 13.0 Å². The number of aromatic nitrogens is 1. The van der Waals surface area contributed by atoms with Gasteiger partial charge in [0.25, 0.3) is 0 Å². The molecule has 18 heavy (non-hydrogen) atoms. The molecule has 2 N–H and O–H groups in total. The van der Waals surface area contributed by atoms with Gasteiger partial charge in [0, 0.05) is 6.20 Å². The standard InChI is InChI=1S/C14H14N2O2/c15-13-9-16-7-6-12(13)8-14(17)18-10-11-4-2-1-3-5-11/h1-7,9H,8,10,15H2. The smallest absolute Gasteiger partial charge is 0.310 e. The van der Waals surface area contributed by atoms with Crippen LogP contribution in [0, 0.1) is 0 Å². The second-order valence-corrected chi connectivity index (χ2v) is 3.90. The monoisotopic (exact) mass is 242 g/mol. The lowest BCUT2D eigenvalue weighted by atomic mass is 10.1. The van der Waals surface area contributed by atoms with E-state index in [4.69, 9.17) is 10.5 Å². The molecule has 2 aromatic rings. The average molecular weight is 242 g/mol. The summed E-state index contributed by atoms with van der Waals surface area (Å²) < 4.78 is 5.17. The Kier molecular flexibility index (Phi) is 3.91. The number of nitrogens with zero attached hydrogens (tertiary/aromatic N) is 1. The highest BCUT2D eigenvalue weighted by molar-refractivity contribution is 5.74. The molecule has 0 fully saturated rings. The zero-order valence-corrected chi connectivity index (χ0v) is 9.87. The zero-order valence-electron chi connectivity index (χ0n) is 9.87. The van der Waals surface area contributed by atoms with E-state index in [1.165, 1.54) is 6.20 Å². The lowest BCUT2D eigenvalue weighted by Gasteiger charge is -2.06. The third-order valence-electron chi connectivity index (χ3n) is 2.52. The largest absolute Gasteiger partial charge is 0.461 e. The highest BCUT2D eigenvalue weighted by Gasteiger charge is 2.07. The Labute approximate surface area is 105 Å². The van der Waals surface area contributed by atoms with Gasteiger partial charge in [0.05, 0.1) is 18.3 Å². The van der Waals surface area contributed by atoms with E-state index in [9.17, 15) is 4.79 Å². The third-order valence-corrected chi connectivity index (χ3v) is 2.52. The zero-order chi connectivity index (χ0) is 12.8. The van der Waals surface area contributed by atoms with E-state index in [0.29, 0.717) is 5.69 Å². The third kappa shape index (κ3) is 3.31. The number of pyridine rings is 1. The average Bonchev–Trinajstić information content (AvgIpc) is 2.40. The lowest BCUT2D eigenvalue weighted by Crippen LogP contribution is -2.09. The molecular weight excluding hydrogens is 228 g/mol. The summed E-state index contributed by atoms with van der Waals surface area (Å²) >= 11 is 0. The SMILES string of the molecule is Nc1cnccc1CC(=O)OCc1ccccc1. The highest BCUT2D eigenvalue weighted by Crippen LogP contribution is 2.10. The Morgan fingerprint density at radius 3 is 2.72 bits per heavy atom. The van der Waals surface area contributed by atoms with Crippen LogP contribution in [0.2, 0.25) is 0 Å². The summed E-state index contributed by atoms with van der Waals surface area (Å²) in [7, 11) is 0. The number of hydrogen-bond donors (Lipinski definition) is 1. The summed E-state index contributed by atoms with van der Waals surface area (Å²) in [5.74, 6) is -0.295. The van der Waals surface area contributed by atoms with Gasteiger partial charge in [0.2, 0.25) is 0 Å². The molecule has 1 aromatic heterocycles. The van der Waals surface area contributed by atoms with Crippen LogP contribution in [0.3, 0.4) is 0 Å². The second-order valence-electron chi connectivity index (χ2n) is 3.90. The molecule has 0 amide bonds. The molecule has 92 valence electrons. The molecule has 0 aliphatic carbocycles. The molecule has 0 saturated carbocycles. The first-order chi connectivity index (χ1) is 8.75. The molecule has 0 spiro atoms. The minimum Gasteiger partial charge on any atom is -0.461 e.